The maximum Gasteiger partial charge on any atom is 0.413 e. The second-order valence-corrected chi connectivity index (χ2v) is 9.58. The molecule has 1 atom stereocenters. The first-order chi connectivity index (χ1) is 14.6. The van der Waals surface area contributed by atoms with Crippen LogP contribution in [0.4, 0.5) is 16.3 Å². The standard InChI is InChI=1S/C23H34N4O4/c1-15-13-17(14-24-19(15)26-22(30)31-23(2,3)4)25-20(28)21(29)27-12-8-7-11-18(27)16-9-5-6-10-16/h13-14,16,18H,5-12H2,1-4H3,(H,25,28)(H,24,26,30)/t18-/m0/s1. The van der Waals surface area contributed by atoms with Crippen LogP contribution in [0.15, 0.2) is 12.3 Å². The van der Waals surface area contributed by atoms with Gasteiger partial charge < -0.3 is 15.0 Å². The molecule has 0 unspecified atom stereocenters. The summed E-state index contributed by atoms with van der Waals surface area (Å²) in [5.74, 6) is -0.251. The largest absolute Gasteiger partial charge is 0.444 e. The number of rotatable bonds is 3. The predicted octanol–water partition coefficient (Wildman–Crippen LogP) is 4.25. The number of aryl methyl sites for hydroxylation is 1. The molecule has 3 rings (SSSR count). The summed E-state index contributed by atoms with van der Waals surface area (Å²) < 4.78 is 5.23. The number of carbonyl (C=O) groups excluding carboxylic acids is 3. The Morgan fingerprint density at radius 2 is 1.74 bits per heavy atom. The molecule has 31 heavy (non-hydrogen) atoms. The Morgan fingerprint density at radius 3 is 2.39 bits per heavy atom. The van der Waals surface area contributed by atoms with E-state index >= 15 is 0 Å². The van der Waals surface area contributed by atoms with Crippen molar-refractivity contribution in [3.63, 3.8) is 0 Å². The van der Waals surface area contributed by atoms with Crippen molar-refractivity contribution in [3.05, 3.63) is 17.8 Å². The van der Waals surface area contributed by atoms with Crippen molar-refractivity contribution >= 4 is 29.4 Å². The van der Waals surface area contributed by atoms with Crippen LogP contribution in [0, 0.1) is 12.8 Å². The maximum atomic E-state index is 12.9. The molecule has 1 aromatic heterocycles. The Hall–Kier alpha value is -2.64. The molecule has 8 heteroatoms. The lowest BCUT2D eigenvalue weighted by atomic mass is 9.89. The summed E-state index contributed by atoms with van der Waals surface area (Å²) in [6.07, 6.45) is 8.57. The Kier molecular flexibility index (Phi) is 7.18. The molecule has 3 amide bonds. The van der Waals surface area contributed by atoms with Crippen LogP contribution in [0.2, 0.25) is 0 Å². The van der Waals surface area contributed by atoms with Crippen molar-refractivity contribution in [2.75, 3.05) is 17.2 Å². The van der Waals surface area contributed by atoms with Gasteiger partial charge in [0.15, 0.2) is 0 Å². The first-order valence-electron chi connectivity index (χ1n) is 11.2. The van der Waals surface area contributed by atoms with Gasteiger partial charge in [0.2, 0.25) is 0 Å². The third kappa shape index (κ3) is 6.18. The van der Waals surface area contributed by atoms with Gasteiger partial charge in [0.1, 0.15) is 11.4 Å². The van der Waals surface area contributed by atoms with Gasteiger partial charge in [-0.2, -0.15) is 0 Å². The van der Waals surface area contributed by atoms with Crippen LogP contribution in [0.1, 0.15) is 71.3 Å². The molecule has 2 aliphatic rings. The highest BCUT2D eigenvalue weighted by atomic mass is 16.6. The molecule has 0 aromatic carbocycles. The molecule has 2 N–H and O–H groups in total. The summed E-state index contributed by atoms with van der Waals surface area (Å²) in [4.78, 5) is 43.5. The third-order valence-electron chi connectivity index (χ3n) is 5.90. The number of amides is 3. The number of likely N-dealkylation sites (tertiary alicyclic amines) is 1. The van der Waals surface area contributed by atoms with Crippen LogP contribution in [0.3, 0.4) is 0 Å². The molecule has 0 bridgehead atoms. The average molecular weight is 431 g/mol. The van der Waals surface area contributed by atoms with Crippen molar-refractivity contribution in [2.45, 2.75) is 84.3 Å². The van der Waals surface area contributed by atoms with E-state index < -0.39 is 23.5 Å². The number of ether oxygens (including phenoxy) is 1. The number of carbonyl (C=O) groups is 3. The quantitative estimate of drug-likeness (QED) is 0.698. The third-order valence-corrected chi connectivity index (χ3v) is 5.90. The SMILES string of the molecule is Cc1cc(NC(=O)C(=O)N2CCCC[C@H]2C2CCCC2)cnc1NC(=O)OC(C)(C)C. The zero-order valence-electron chi connectivity index (χ0n) is 19.0. The Bertz CT molecular complexity index is 827. The highest BCUT2D eigenvalue weighted by Crippen LogP contribution is 2.35. The van der Waals surface area contributed by atoms with E-state index in [1.54, 1.807) is 38.7 Å². The van der Waals surface area contributed by atoms with E-state index in [2.05, 4.69) is 15.6 Å². The van der Waals surface area contributed by atoms with E-state index in [1.165, 1.54) is 19.0 Å². The number of pyridine rings is 1. The van der Waals surface area contributed by atoms with Crippen molar-refractivity contribution in [1.82, 2.24) is 9.88 Å². The highest BCUT2D eigenvalue weighted by Gasteiger charge is 2.36. The number of hydrogen-bond donors (Lipinski definition) is 2. The summed E-state index contributed by atoms with van der Waals surface area (Å²) >= 11 is 0. The molecule has 170 valence electrons. The van der Waals surface area contributed by atoms with Crippen molar-refractivity contribution in [1.29, 1.82) is 0 Å². The summed E-state index contributed by atoms with van der Waals surface area (Å²) in [7, 11) is 0. The summed E-state index contributed by atoms with van der Waals surface area (Å²) in [5, 5.41) is 5.27. The molecule has 1 aliphatic heterocycles. The smallest absolute Gasteiger partial charge is 0.413 e. The van der Waals surface area contributed by atoms with Gasteiger partial charge in [0.25, 0.3) is 0 Å². The first-order valence-corrected chi connectivity index (χ1v) is 11.2. The number of nitrogens with one attached hydrogen (secondary N) is 2. The van der Waals surface area contributed by atoms with Gasteiger partial charge in [-0.3, -0.25) is 14.9 Å². The van der Waals surface area contributed by atoms with Gasteiger partial charge >= 0.3 is 17.9 Å². The molecule has 0 spiro atoms. The number of piperidine rings is 1. The molecule has 0 radical (unpaired) electrons. The van der Waals surface area contributed by atoms with E-state index in [1.807, 2.05) is 0 Å². The Balaban J connectivity index is 1.62. The number of hydrogen-bond acceptors (Lipinski definition) is 5. The molecular weight excluding hydrogens is 396 g/mol. The minimum absolute atomic E-state index is 0.176. The second-order valence-electron chi connectivity index (χ2n) is 9.58. The fourth-order valence-electron chi connectivity index (χ4n) is 4.53. The van der Waals surface area contributed by atoms with Crippen LogP contribution < -0.4 is 10.6 Å². The molecule has 1 aromatic rings. The minimum Gasteiger partial charge on any atom is -0.444 e. The normalized spacial score (nSPS) is 19.7. The van der Waals surface area contributed by atoms with Gasteiger partial charge in [0.05, 0.1) is 11.9 Å². The van der Waals surface area contributed by atoms with Crippen molar-refractivity contribution < 1.29 is 19.1 Å². The lowest BCUT2D eigenvalue weighted by molar-refractivity contribution is -0.146. The molecule has 1 aliphatic carbocycles. The number of anilines is 2. The summed E-state index contributed by atoms with van der Waals surface area (Å²) in [5.41, 5.74) is 0.454. The van der Waals surface area contributed by atoms with Crippen molar-refractivity contribution in [3.8, 4) is 0 Å². The maximum absolute atomic E-state index is 12.9. The average Bonchev–Trinajstić information content (AvgIpc) is 3.23. The topological polar surface area (TPSA) is 101 Å². The van der Waals surface area contributed by atoms with E-state index in [0.29, 0.717) is 29.5 Å². The fraction of sp³-hybridized carbons (Fsp3) is 0.652. The molecule has 1 saturated carbocycles. The summed E-state index contributed by atoms with van der Waals surface area (Å²) in [6, 6.07) is 1.85. The molecular formula is C23H34N4O4. The fourth-order valence-corrected chi connectivity index (χ4v) is 4.53. The Labute approximate surface area is 184 Å². The zero-order valence-corrected chi connectivity index (χ0v) is 19.0. The van der Waals surface area contributed by atoms with E-state index in [4.69, 9.17) is 4.74 Å². The van der Waals surface area contributed by atoms with Gasteiger partial charge in [0, 0.05) is 12.6 Å². The van der Waals surface area contributed by atoms with Gasteiger partial charge in [-0.05, 0) is 77.3 Å². The van der Waals surface area contributed by atoms with Crippen LogP contribution >= 0.6 is 0 Å². The summed E-state index contributed by atoms with van der Waals surface area (Å²) in [6.45, 7) is 7.74. The highest BCUT2D eigenvalue weighted by molar-refractivity contribution is 6.39. The predicted molar refractivity (Wildman–Crippen MR) is 119 cm³/mol. The number of aromatic nitrogens is 1. The van der Waals surface area contributed by atoms with Crippen LogP contribution in [-0.2, 0) is 14.3 Å². The lowest BCUT2D eigenvalue weighted by Crippen LogP contribution is -2.50. The van der Waals surface area contributed by atoms with E-state index in [-0.39, 0.29) is 6.04 Å². The molecule has 2 heterocycles. The van der Waals surface area contributed by atoms with Crippen LogP contribution in [0.25, 0.3) is 0 Å². The monoisotopic (exact) mass is 430 g/mol. The van der Waals surface area contributed by atoms with Crippen LogP contribution in [-0.4, -0.2) is 46.0 Å². The molecule has 8 nitrogen and oxygen atoms in total. The van der Waals surface area contributed by atoms with Gasteiger partial charge in [-0.1, -0.05) is 12.8 Å². The molecule has 1 saturated heterocycles. The second kappa shape index (κ2) is 9.66. The molecule has 2 fully saturated rings. The Morgan fingerprint density at radius 1 is 1.06 bits per heavy atom. The van der Waals surface area contributed by atoms with E-state index in [0.717, 1.165) is 32.1 Å². The number of nitrogens with zero attached hydrogens (tertiary/aromatic N) is 2. The zero-order chi connectivity index (χ0) is 22.6. The van der Waals surface area contributed by atoms with Crippen molar-refractivity contribution in [2.24, 2.45) is 5.92 Å². The van der Waals surface area contributed by atoms with Gasteiger partial charge in [-0.15, -0.1) is 0 Å². The van der Waals surface area contributed by atoms with Gasteiger partial charge in [-0.25, -0.2) is 9.78 Å². The van der Waals surface area contributed by atoms with Crippen LogP contribution in [0.5, 0.6) is 0 Å². The lowest BCUT2D eigenvalue weighted by Gasteiger charge is -2.38. The minimum atomic E-state index is -0.640. The first kappa shape index (κ1) is 23.0. The van der Waals surface area contributed by atoms with E-state index in [9.17, 15) is 14.4 Å².